The molecule has 6 nitrogen and oxygen atoms in total. The van der Waals surface area contributed by atoms with E-state index in [-0.39, 0.29) is 23.2 Å². The molecule has 0 unspecified atom stereocenters. The summed E-state index contributed by atoms with van der Waals surface area (Å²) in [6.07, 6.45) is 3.24. The molecule has 2 aromatic rings. The van der Waals surface area contributed by atoms with Crippen LogP contribution in [-0.4, -0.2) is 28.5 Å². The first kappa shape index (κ1) is 14.1. The minimum absolute atomic E-state index is 0.166. The summed E-state index contributed by atoms with van der Waals surface area (Å²) in [6.45, 7) is 3.86. The van der Waals surface area contributed by atoms with Gasteiger partial charge in [0.1, 0.15) is 5.69 Å². The number of hydrogen-bond acceptors (Lipinski definition) is 6. The summed E-state index contributed by atoms with van der Waals surface area (Å²) in [4.78, 5) is 31.4. The maximum absolute atomic E-state index is 12.0. The number of anilines is 1. The summed E-state index contributed by atoms with van der Waals surface area (Å²) in [5, 5.41) is 4.36. The first-order valence-electron chi connectivity index (χ1n) is 5.95. The Morgan fingerprint density at radius 1 is 1.40 bits per heavy atom. The van der Waals surface area contributed by atoms with Crippen LogP contribution in [0.25, 0.3) is 0 Å². The van der Waals surface area contributed by atoms with E-state index in [9.17, 15) is 9.59 Å². The van der Waals surface area contributed by atoms with E-state index in [2.05, 4.69) is 15.3 Å². The number of esters is 1. The average molecular weight is 291 g/mol. The van der Waals surface area contributed by atoms with E-state index in [0.29, 0.717) is 5.69 Å². The molecule has 0 aliphatic carbocycles. The van der Waals surface area contributed by atoms with Gasteiger partial charge in [-0.3, -0.25) is 9.78 Å². The number of rotatable bonds is 4. The number of thiazole rings is 1. The Bertz CT molecular complexity index is 639. The van der Waals surface area contributed by atoms with Gasteiger partial charge >= 0.3 is 5.97 Å². The van der Waals surface area contributed by atoms with Crippen molar-refractivity contribution in [1.29, 1.82) is 0 Å². The van der Waals surface area contributed by atoms with Gasteiger partial charge in [0, 0.05) is 11.6 Å². The highest BCUT2D eigenvalue weighted by atomic mass is 32.1. The van der Waals surface area contributed by atoms with Gasteiger partial charge in [0.25, 0.3) is 5.91 Å². The van der Waals surface area contributed by atoms with Gasteiger partial charge in [0.05, 0.1) is 18.5 Å². The van der Waals surface area contributed by atoms with Crippen molar-refractivity contribution in [3.05, 3.63) is 40.1 Å². The van der Waals surface area contributed by atoms with Crippen molar-refractivity contribution >= 4 is 28.9 Å². The first-order chi connectivity index (χ1) is 9.60. The molecule has 0 bridgehead atoms. The molecule has 2 aromatic heterocycles. The predicted octanol–water partition coefficient (Wildman–Crippen LogP) is 2.28. The van der Waals surface area contributed by atoms with Crippen molar-refractivity contribution in [1.82, 2.24) is 9.97 Å². The molecule has 0 fully saturated rings. The summed E-state index contributed by atoms with van der Waals surface area (Å²) in [7, 11) is 0. The van der Waals surface area contributed by atoms with Crippen LogP contribution < -0.4 is 5.32 Å². The normalized spacial score (nSPS) is 10.1. The number of hydrogen-bond donors (Lipinski definition) is 1. The van der Waals surface area contributed by atoms with Gasteiger partial charge < -0.3 is 10.1 Å². The molecular formula is C13H13N3O3S. The number of pyridine rings is 1. The van der Waals surface area contributed by atoms with Crippen molar-refractivity contribution in [2.24, 2.45) is 0 Å². The van der Waals surface area contributed by atoms with Gasteiger partial charge in [-0.25, -0.2) is 9.78 Å². The molecule has 0 aliphatic rings. The van der Waals surface area contributed by atoms with Crippen LogP contribution in [0.2, 0.25) is 0 Å². The summed E-state index contributed by atoms with van der Waals surface area (Å²) in [6, 6.07) is 1.80. The van der Waals surface area contributed by atoms with E-state index in [1.807, 2.05) is 6.92 Å². The molecule has 0 aromatic carbocycles. The zero-order valence-corrected chi connectivity index (χ0v) is 11.9. The van der Waals surface area contributed by atoms with E-state index >= 15 is 0 Å². The zero-order chi connectivity index (χ0) is 14.5. The van der Waals surface area contributed by atoms with E-state index in [1.54, 1.807) is 25.4 Å². The number of aryl methyl sites for hydroxylation is 1. The van der Waals surface area contributed by atoms with Crippen molar-refractivity contribution < 1.29 is 14.3 Å². The van der Waals surface area contributed by atoms with Crippen molar-refractivity contribution in [3.63, 3.8) is 0 Å². The predicted molar refractivity (Wildman–Crippen MR) is 75.0 cm³/mol. The summed E-state index contributed by atoms with van der Waals surface area (Å²) >= 11 is 1.08. The van der Waals surface area contributed by atoms with E-state index in [4.69, 9.17) is 4.74 Å². The lowest BCUT2D eigenvalue weighted by molar-refractivity contribution is 0.0526. The molecule has 0 saturated carbocycles. The fourth-order valence-electron chi connectivity index (χ4n) is 1.48. The van der Waals surface area contributed by atoms with Crippen LogP contribution in [0.5, 0.6) is 0 Å². The lowest BCUT2D eigenvalue weighted by atomic mass is 10.3. The van der Waals surface area contributed by atoms with E-state index < -0.39 is 5.97 Å². The second-order valence-corrected chi connectivity index (χ2v) is 4.82. The Labute approximate surface area is 119 Å². The van der Waals surface area contributed by atoms with Crippen LogP contribution in [0.3, 0.4) is 0 Å². The quantitative estimate of drug-likeness (QED) is 0.874. The smallest absolute Gasteiger partial charge is 0.367 e. The number of nitrogens with zero attached hydrogens (tertiary/aromatic N) is 2. The van der Waals surface area contributed by atoms with Gasteiger partial charge in [-0.15, -0.1) is 11.3 Å². The SMILES string of the molecule is CCOC(=O)c1nc(C(=O)Nc2cncc(C)c2)cs1. The topological polar surface area (TPSA) is 81.2 Å². The van der Waals surface area contributed by atoms with Crippen molar-refractivity contribution in [2.75, 3.05) is 11.9 Å². The standard InChI is InChI=1S/C13H13N3O3S/c1-3-19-13(18)12-16-10(7-20-12)11(17)15-9-4-8(2)5-14-6-9/h4-7H,3H2,1-2H3,(H,15,17). The Kier molecular flexibility index (Phi) is 4.41. The minimum Gasteiger partial charge on any atom is -0.461 e. The number of ether oxygens (including phenoxy) is 1. The highest BCUT2D eigenvalue weighted by Crippen LogP contribution is 2.14. The highest BCUT2D eigenvalue weighted by Gasteiger charge is 2.16. The monoisotopic (exact) mass is 291 g/mol. The zero-order valence-electron chi connectivity index (χ0n) is 11.0. The average Bonchev–Trinajstić information content (AvgIpc) is 2.88. The largest absolute Gasteiger partial charge is 0.461 e. The van der Waals surface area contributed by atoms with Gasteiger partial charge in [0.15, 0.2) is 0 Å². The van der Waals surface area contributed by atoms with Crippen LogP contribution >= 0.6 is 11.3 Å². The number of amides is 1. The summed E-state index contributed by atoms with van der Waals surface area (Å²) in [5.74, 6) is -0.905. The Balaban J connectivity index is 2.08. The maximum Gasteiger partial charge on any atom is 0.367 e. The molecule has 0 saturated heterocycles. The fourth-order valence-corrected chi connectivity index (χ4v) is 2.17. The maximum atomic E-state index is 12.0. The van der Waals surface area contributed by atoms with Crippen LogP contribution in [0.15, 0.2) is 23.8 Å². The Hall–Kier alpha value is -2.28. The number of aromatic nitrogens is 2. The molecule has 0 aliphatic heterocycles. The van der Waals surface area contributed by atoms with E-state index in [1.165, 1.54) is 5.38 Å². The van der Waals surface area contributed by atoms with Gasteiger partial charge in [-0.1, -0.05) is 0 Å². The molecule has 2 rings (SSSR count). The van der Waals surface area contributed by atoms with Gasteiger partial charge in [-0.2, -0.15) is 0 Å². The molecule has 1 amide bonds. The molecule has 0 atom stereocenters. The van der Waals surface area contributed by atoms with Crippen LogP contribution in [0, 0.1) is 6.92 Å². The molecule has 1 N–H and O–H groups in total. The van der Waals surface area contributed by atoms with Crippen molar-refractivity contribution in [3.8, 4) is 0 Å². The third kappa shape index (κ3) is 3.39. The molecule has 2 heterocycles. The molecule has 0 spiro atoms. The van der Waals surface area contributed by atoms with E-state index in [0.717, 1.165) is 16.9 Å². The summed E-state index contributed by atoms with van der Waals surface area (Å²) in [5.41, 5.74) is 1.70. The molecule has 0 radical (unpaired) electrons. The third-order valence-electron chi connectivity index (χ3n) is 2.32. The number of carbonyl (C=O) groups excluding carboxylic acids is 2. The lowest BCUT2D eigenvalue weighted by Gasteiger charge is -2.03. The number of carbonyl (C=O) groups is 2. The molecular weight excluding hydrogens is 278 g/mol. The second kappa shape index (κ2) is 6.25. The minimum atomic E-state index is -0.520. The molecule has 7 heteroatoms. The van der Waals surface area contributed by atoms with Crippen molar-refractivity contribution in [2.45, 2.75) is 13.8 Å². The Morgan fingerprint density at radius 3 is 2.90 bits per heavy atom. The molecule has 104 valence electrons. The third-order valence-corrected chi connectivity index (χ3v) is 3.14. The highest BCUT2D eigenvalue weighted by molar-refractivity contribution is 7.11. The van der Waals surface area contributed by atoms with Crippen LogP contribution in [0.1, 0.15) is 32.8 Å². The van der Waals surface area contributed by atoms with Gasteiger partial charge in [-0.05, 0) is 25.5 Å². The second-order valence-electron chi connectivity index (χ2n) is 3.96. The van der Waals surface area contributed by atoms with Crippen LogP contribution in [-0.2, 0) is 4.74 Å². The molecule has 20 heavy (non-hydrogen) atoms. The Morgan fingerprint density at radius 2 is 2.20 bits per heavy atom. The number of nitrogens with one attached hydrogen (secondary N) is 1. The summed E-state index contributed by atoms with van der Waals surface area (Å²) < 4.78 is 4.82. The lowest BCUT2D eigenvalue weighted by Crippen LogP contribution is -2.13. The first-order valence-corrected chi connectivity index (χ1v) is 6.83. The van der Waals surface area contributed by atoms with Gasteiger partial charge in [0.2, 0.25) is 5.01 Å². The fraction of sp³-hybridized carbons (Fsp3) is 0.231. The van der Waals surface area contributed by atoms with Crippen LogP contribution in [0.4, 0.5) is 5.69 Å².